The second kappa shape index (κ2) is 3.32. The molecule has 0 saturated carbocycles. The van der Waals surface area contributed by atoms with Gasteiger partial charge in [-0.25, -0.2) is 0 Å². The number of nitroso groups, excluding NO2 is 1. The van der Waals surface area contributed by atoms with Crippen LogP contribution in [-0.2, 0) is 11.3 Å². The zero-order chi connectivity index (χ0) is 9.26. The van der Waals surface area contributed by atoms with E-state index in [9.17, 15) is 4.91 Å². The van der Waals surface area contributed by atoms with Gasteiger partial charge in [-0.2, -0.15) is 0 Å². The Morgan fingerprint density at radius 2 is 2.31 bits per heavy atom. The molecule has 5 heteroatoms. The van der Waals surface area contributed by atoms with Gasteiger partial charge in [0.05, 0.1) is 11.6 Å². The van der Waals surface area contributed by atoms with Gasteiger partial charge in [-0.1, -0.05) is 11.6 Å². The summed E-state index contributed by atoms with van der Waals surface area (Å²) in [7, 11) is 0. The summed E-state index contributed by atoms with van der Waals surface area (Å²) in [6.07, 6.45) is 0. The molecule has 1 aliphatic rings. The van der Waals surface area contributed by atoms with E-state index in [1.807, 2.05) is 0 Å². The van der Waals surface area contributed by atoms with Crippen molar-refractivity contribution in [1.82, 2.24) is 0 Å². The minimum absolute atomic E-state index is 0.195. The summed E-state index contributed by atoms with van der Waals surface area (Å²) in [4.78, 5) is 10.3. The predicted molar refractivity (Wildman–Crippen MR) is 47.2 cm³/mol. The topological polar surface area (TPSA) is 47.9 Å². The molecule has 0 spiro atoms. The van der Waals surface area contributed by atoms with Crippen molar-refractivity contribution >= 4 is 17.3 Å². The molecular weight excluding hydrogens is 194 g/mol. The number of fused-ring (bicyclic) bond motifs is 1. The lowest BCUT2D eigenvalue weighted by Crippen LogP contribution is -2.11. The second-order valence-corrected chi connectivity index (χ2v) is 3.02. The molecule has 68 valence electrons. The van der Waals surface area contributed by atoms with Gasteiger partial charge in [0.2, 0.25) is 0 Å². The molecule has 0 unspecified atom stereocenters. The lowest BCUT2D eigenvalue weighted by atomic mass is 10.2. The van der Waals surface area contributed by atoms with E-state index in [-0.39, 0.29) is 12.5 Å². The zero-order valence-corrected chi connectivity index (χ0v) is 7.37. The molecule has 0 radical (unpaired) electrons. The summed E-state index contributed by atoms with van der Waals surface area (Å²) in [5.41, 5.74) is 1.05. The van der Waals surface area contributed by atoms with E-state index < -0.39 is 0 Å². The number of halogens is 1. The van der Waals surface area contributed by atoms with Crippen LogP contribution in [0.1, 0.15) is 5.56 Å². The van der Waals surface area contributed by atoms with Crippen LogP contribution in [0.15, 0.2) is 17.3 Å². The van der Waals surface area contributed by atoms with Crippen LogP contribution in [-0.4, -0.2) is 6.79 Å². The van der Waals surface area contributed by atoms with Gasteiger partial charge >= 0.3 is 0 Å². The van der Waals surface area contributed by atoms with E-state index in [4.69, 9.17) is 21.1 Å². The summed E-state index contributed by atoms with van der Waals surface area (Å²) in [6, 6.07) is 3.08. The average Bonchev–Trinajstić information content (AvgIpc) is 2.18. The highest BCUT2D eigenvalue weighted by atomic mass is 35.5. The van der Waals surface area contributed by atoms with Crippen LogP contribution in [0.3, 0.4) is 0 Å². The molecular formula is C8H6ClNO3. The van der Waals surface area contributed by atoms with Crippen molar-refractivity contribution in [3.05, 3.63) is 27.6 Å². The third-order valence-corrected chi connectivity index (χ3v) is 2.04. The fraction of sp³-hybridized carbons (Fsp3) is 0.250. The van der Waals surface area contributed by atoms with Gasteiger partial charge in [0.1, 0.15) is 11.4 Å². The summed E-state index contributed by atoms with van der Waals surface area (Å²) in [6.45, 7) is 0.596. The summed E-state index contributed by atoms with van der Waals surface area (Å²) < 4.78 is 10.2. The number of benzene rings is 1. The molecule has 0 fully saturated rings. The van der Waals surface area contributed by atoms with Gasteiger partial charge < -0.3 is 9.47 Å². The smallest absolute Gasteiger partial charge is 0.189 e. The molecule has 0 amide bonds. The van der Waals surface area contributed by atoms with Gasteiger partial charge in [-0.05, 0) is 17.3 Å². The van der Waals surface area contributed by atoms with Crippen molar-refractivity contribution < 1.29 is 9.47 Å². The van der Waals surface area contributed by atoms with E-state index in [1.54, 1.807) is 6.07 Å². The Morgan fingerprint density at radius 1 is 1.46 bits per heavy atom. The number of hydrogen-bond donors (Lipinski definition) is 0. The molecule has 13 heavy (non-hydrogen) atoms. The maximum atomic E-state index is 10.3. The Morgan fingerprint density at radius 3 is 3.08 bits per heavy atom. The van der Waals surface area contributed by atoms with Crippen LogP contribution in [0.2, 0.25) is 5.02 Å². The van der Waals surface area contributed by atoms with Crippen LogP contribution >= 0.6 is 11.6 Å². The van der Waals surface area contributed by atoms with Crippen molar-refractivity contribution in [1.29, 1.82) is 0 Å². The second-order valence-electron chi connectivity index (χ2n) is 2.62. The Kier molecular flexibility index (Phi) is 2.16. The Labute approximate surface area is 79.4 Å². The maximum absolute atomic E-state index is 10.3. The van der Waals surface area contributed by atoms with Crippen molar-refractivity contribution in [3.63, 3.8) is 0 Å². The average molecular weight is 200 g/mol. The number of rotatable bonds is 1. The highest BCUT2D eigenvalue weighted by molar-refractivity contribution is 6.32. The van der Waals surface area contributed by atoms with Gasteiger partial charge in [0.15, 0.2) is 6.79 Å². The van der Waals surface area contributed by atoms with Gasteiger partial charge in [-0.15, -0.1) is 4.91 Å². The van der Waals surface area contributed by atoms with E-state index >= 15 is 0 Å². The lowest BCUT2D eigenvalue weighted by molar-refractivity contribution is -0.0162. The molecule has 0 aliphatic carbocycles. The fourth-order valence-corrected chi connectivity index (χ4v) is 1.50. The molecule has 0 atom stereocenters. The number of ether oxygens (including phenoxy) is 2. The van der Waals surface area contributed by atoms with Crippen molar-refractivity contribution in [2.75, 3.05) is 6.79 Å². The van der Waals surface area contributed by atoms with Gasteiger partial charge in [0, 0.05) is 5.56 Å². The molecule has 0 saturated heterocycles. The molecule has 4 nitrogen and oxygen atoms in total. The van der Waals surface area contributed by atoms with E-state index in [2.05, 4.69) is 5.18 Å². The molecule has 1 heterocycles. The first-order chi connectivity index (χ1) is 6.31. The third kappa shape index (κ3) is 1.50. The van der Waals surface area contributed by atoms with E-state index in [0.717, 1.165) is 5.56 Å². The fourth-order valence-electron chi connectivity index (χ4n) is 1.21. The first-order valence-corrected chi connectivity index (χ1v) is 4.05. The third-order valence-electron chi connectivity index (χ3n) is 1.75. The normalized spacial score (nSPS) is 14.5. The summed E-state index contributed by atoms with van der Waals surface area (Å²) in [5, 5.41) is 3.19. The van der Waals surface area contributed by atoms with E-state index in [1.165, 1.54) is 6.07 Å². The Balaban J connectivity index is 2.52. The predicted octanol–water partition coefficient (Wildman–Crippen LogP) is 2.60. The van der Waals surface area contributed by atoms with Crippen LogP contribution < -0.4 is 4.74 Å². The molecule has 2 rings (SSSR count). The van der Waals surface area contributed by atoms with Gasteiger partial charge in [-0.3, -0.25) is 0 Å². The van der Waals surface area contributed by atoms with Crippen molar-refractivity contribution in [2.45, 2.75) is 6.61 Å². The highest BCUT2D eigenvalue weighted by Gasteiger charge is 2.15. The maximum Gasteiger partial charge on any atom is 0.189 e. The molecule has 0 N–H and O–H groups in total. The molecule has 0 aromatic heterocycles. The van der Waals surface area contributed by atoms with Crippen LogP contribution in [0.5, 0.6) is 5.75 Å². The molecule has 1 aromatic rings. The SMILES string of the molecule is O=Nc1cc(Cl)c2c(c1)COCO2. The molecule has 1 aromatic carbocycles. The van der Waals surface area contributed by atoms with Crippen LogP contribution in [0.25, 0.3) is 0 Å². The summed E-state index contributed by atoms with van der Waals surface area (Å²) in [5.74, 6) is 0.584. The first-order valence-electron chi connectivity index (χ1n) is 3.67. The largest absolute Gasteiger partial charge is 0.466 e. The quantitative estimate of drug-likeness (QED) is 0.654. The number of hydrogen-bond acceptors (Lipinski definition) is 4. The van der Waals surface area contributed by atoms with Gasteiger partial charge in [0.25, 0.3) is 0 Å². The molecule has 0 bridgehead atoms. The Bertz CT molecular complexity index is 353. The lowest BCUT2D eigenvalue weighted by Gasteiger charge is -2.18. The van der Waals surface area contributed by atoms with Crippen LogP contribution in [0, 0.1) is 4.91 Å². The minimum atomic E-state index is 0.195. The van der Waals surface area contributed by atoms with Crippen LogP contribution in [0.4, 0.5) is 5.69 Å². The summed E-state index contributed by atoms with van der Waals surface area (Å²) >= 11 is 5.85. The number of nitrogens with zero attached hydrogens (tertiary/aromatic N) is 1. The van der Waals surface area contributed by atoms with Crippen molar-refractivity contribution in [2.24, 2.45) is 5.18 Å². The highest BCUT2D eigenvalue weighted by Crippen LogP contribution is 2.35. The van der Waals surface area contributed by atoms with E-state index in [0.29, 0.717) is 17.4 Å². The first kappa shape index (κ1) is 8.47. The molecule has 1 aliphatic heterocycles. The minimum Gasteiger partial charge on any atom is -0.466 e. The Hall–Kier alpha value is -1.13. The monoisotopic (exact) mass is 199 g/mol. The zero-order valence-electron chi connectivity index (χ0n) is 6.62. The van der Waals surface area contributed by atoms with Crippen molar-refractivity contribution in [3.8, 4) is 5.75 Å². The standard InChI is InChI=1S/C8H6ClNO3/c9-7-2-6(10-11)1-5-3-12-4-13-8(5)7/h1-2H,3-4H2.